The van der Waals surface area contributed by atoms with E-state index in [1.165, 1.54) is 6.20 Å². The molecule has 2 saturated heterocycles. The molecule has 2 aliphatic rings. The summed E-state index contributed by atoms with van der Waals surface area (Å²) in [5.74, 6) is 0.539. The lowest BCUT2D eigenvalue weighted by molar-refractivity contribution is -0.126. The van der Waals surface area contributed by atoms with Crippen LogP contribution in [0.25, 0.3) is 6.08 Å². The van der Waals surface area contributed by atoms with E-state index in [2.05, 4.69) is 9.88 Å². The summed E-state index contributed by atoms with van der Waals surface area (Å²) < 4.78 is 4.98. The van der Waals surface area contributed by atoms with E-state index in [4.69, 9.17) is 4.74 Å². The van der Waals surface area contributed by atoms with Gasteiger partial charge < -0.3 is 19.4 Å². The average Bonchev–Trinajstić information content (AvgIpc) is 3.29. The second-order valence-corrected chi connectivity index (χ2v) is 8.01. The molecule has 0 bridgehead atoms. The first kappa shape index (κ1) is 22.5. The number of aromatic nitrogens is 1. The smallest absolute Gasteiger partial charge is 0.339 e. The van der Waals surface area contributed by atoms with Crippen LogP contribution in [0.4, 0.5) is 11.5 Å². The molecule has 33 heavy (non-hydrogen) atoms. The Bertz CT molecular complexity index is 1030. The number of piperazine rings is 1. The maximum absolute atomic E-state index is 12.6. The number of amides is 2. The standard InChI is InChI=1S/C25H28N4O4/c1-2-33-25(32)20-8-11-22(26-18-20)27-14-16-28(17-15-27)23(30)12-7-19-5-9-21(10-6-19)29-13-3-4-24(29)31/h5-12,18H,2-4,13-17H2,1H3/b12-7+. The molecule has 0 radical (unpaired) electrons. The van der Waals surface area contributed by atoms with Crippen LogP contribution in [-0.4, -0.2) is 67.0 Å². The first-order chi connectivity index (χ1) is 16.0. The molecule has 0 aliphatic carbocycles. The predicted octanol–water partition coefficient (Wildman–Crippen LogP) is 2.75. The number of carbonyl (C=O) groups is 3. The molecule has 2 aliphatic heterocycles. The van der Waals surface area contributed by atoms with Crippen molar-refractivity contribution >= 4 is 35.4 Å². The first-order valence-corrected chi connectivity index (χ1v) is 11.3. The monoisotopic (exact) mass is 448 g/mol. The lowest BCUT2D eigenvalue weighted by atomic mass is 10.1. The molecule has 2 aromatic rings. The van der Waals surface area contributed by atoms with Gasteiger partial charge in [-0.25, -0.2) is 9.78 Å². The Balaban J connectivity index is 1.28. The molecule has 8 heteroatoms. The minimum atomic E-state index is -0.377. The van der Waals surface area contributed by atoms with Gasteiger partial charge >= 0.3 is 5.97 Å². The van der Waals surface area contributed by atoms with E-state index in [1.54, 1.807) is 30.0 Å². The summed E-state index contributed by atoms with van der Waals surface area (Å²) in [7, 11) is 0. The second kappa shape index (κ2) is 10.3. The van der Waals surface area contributed by atoms with Crippen LogP contribution in [0.5, 0.6) is 0 Å². The van der Waals surface area contributed by atoms with Crippen LogP contribution < -0.4 is 9.80 Å². The zero-order valence-corrected chi connectivity index (χ0v) is 18.8. The fourth-order valence-corrected chi connectivity index (χ4v) is 4.02. The zero-order chi connectivity index (χ0) is 23.2. The number of anilines is 2. The summed E-state index contributed by atoms with van der Waals surface area (Å²) >= 11 is 0. The van der Waals surface area contributed by atoms with Gasteiger partial charge in [0.1, 0.15) is 5.82 Å². The predicted molar refractivity (Wildman–Crippen MR) is 126 cm³/mol. The van der Waals surface area contributed by atoms with Gasteiger partial charge in [-0.3, -0.25) is 9.59 Å². The highest BCUT2D eigenvalue weighted by molar-refractivity contribution is 5.95. The topological polar surface area (TPSA) is 83.0 Å². The highest BCUT2D eigenvalue weighted by atomic mass is 16.5. The Kier molecular flexibility index (Phi) is 7.02. The Morgan fingerprint density at radius 2 is 1.79 bits per heavy atom. The van der Waals surface area contributed by atoms with Crippen LogP contribution in [0.2, 0.25) is 0 Å². The summed E-state index contributed by atoms with van der Waals surface area (Å²) in [4.78, 5) is 46.3. The summed E-state index contributed by atoms with van der Waals surface area (Å²) in [6.45, 7) is 5.40. The zero-order valence-electron chi connectivity index (χ0n) is 18.8. The first-order valence-electron chi connectivity index (χ1n) is 11.3. The fourth-order valence-electron chi connectivity index (χ4n) is 4.02. The van der Waals surface area contributed by atoms with Crippen molar-refractivity contribution < 1.29 is 19.1 Å². The number of rotatable bonds is 6. The minimum absolute atomic E-state index is 0.0286. The van der Waals surface area contributed by atoms with E-state index in [1.807, 2.05) is 35.2 Å². The van der Waals surface area contributed by atoms with Crippen LogP contribution in [0.3, 0.4) is 0 Å². The average molecular weight is 449 g/mol. The van der Waals surface area contributed by atoms with Gasteiger partial charge in [0.05, 0.1) is 12.2 Å². The molecular formula is C25H28N4O4. The van der Waals surface area contributed by atoms with E-state index in [0.717, 1.165) is 30.0 Å². The van der Waals surface area contributed by atoms with Crippen molar-refractivity contribution in [2.75, 3.05) is 49.1 Å². The third-order valence-corrected chi connectivity index (χ3v) is 5.87. The fraction of sp³-hybridized carbons (Fsp3) is 0.360. The SMILES string of the molecule is CCOC(=O)c1ccc(N2CCN(C(=O)/C=C/c3ccc(N4CCCC4=O)cc3)CC2)nc1. The van der Waals surface area contributed by atoms with Gasteiger partial charge in [0.2, 0.25) is 11.8 Å². The molecule has 8 nitrogen and oxygen atoms in total. The quantitative estimate of drug-likeness (QED) is 0.499. The van der Waals surface area contributed by atoms with Crippen molar-refractivity contribution in [3.05, 3.63) is 59.8 Å². The third-order valence-electron chi connectivity index (χ3n) is 5.87. The van der Waals surface area contributed by atoms with Gasteiger partial charge in [-0.2, -0.15) is 0 Å². The lowest BCUT2D eigenvalue weighted by Crippen LogP contribution is -2.48. The Morgan fingerprint density at radius 3 is 2.39 bits per heavy atom. The maximum atomic E-state index is 12.6. The maximum Gasteiger partial charge on any atom is 0.339 e. The van der Waals surface area contributed by atoms with Gasteiger partial charge in [0.25, 0.3) is 0 Å². The highest BCUT2D eigenvalue weighted by Crippen LogP contribution is 2.22. The summed E-state index contributed by atoms with van der Waals surface area (Å²) in [5, 5.41) is 0. The molecule has 3 heterocycles. The summed E-state index contributed by atoms with van der Waals surface area (Å²) in [6.07, 6.45) is 6.44. The van der Waals surface area contributed by atoms with Crippen molar-refractivity contribution in [2.45, 2.75) is 19.8 Å². The number of ether oxygens (including phenoxy) is 1. The largest absolute Gasteiger partial charge is 0.462 e. The molecule has 0 atom stereocenters. The van der Waals surface area contributed by atoms with Crippen LogP contribution in [-0.2, 0) is 14.3 Å². The number of benzene rings is 1. The number of carbonyl (C=O) groups excluding carboxylic acids is 3. The molecule has 0 spiro atoms. The Morgan fingerprint density at radius 1 is 1.03 bits per heavy atom. The number of hydrogen-bond donors (Lipinski definition) is 0. The Labute approximate surface area is 193 Å². The molecule has 2 amide bonds. The van der Waals surface area contributed by atoms with Crippen LogP contribution in [0.1, 0.15) is 35.7 Å². The molecule has 0 saturated carbocycles. The van der Waals surface area contributed by atoms with E-state index >= 15 is 0 Å². The van der Waals surface area contributed by atoms with Gasteiger partial charge in [-0.05, 0) is 49.2 Å². The number of pyridine rings is 1. The number of nitrogens with zero attached hydrogens (tertiary/aromatic N) is 4. The van der Waals surface area contributed by atoms with Crippen molar-refractivity contribution in [3.8, 4) is 0 Å². The number of hydrogen-bond acceptors (Lipinski definition) is 6. The number of esters is 1. The molecule has 1 aromatic heterocycles. The van der Waals surface area contributed by atoms with E-state index in [0.29, 0.717) is 44.8 Å². The van der Waals surface area contributed by atoms with Crippen molar-refractivity contribution in [1.29, 1.82) is 0 Å². The van der Waals surface area contributed by atoms with Gasteiger partial charge in [-0.15, -0.1) is 0 Å². The van der Waals surface area contributed by atoms with E-state index in [-0.39, 0.29) is 17.8 Å². The van der Waals surface area contributed by atoms with Gasteiger partial charge in [-0.1, -0.05) is 12.1 Å². The minimum Gasteiger partial charge on any atom is -0.462 e. The molecule has 4 rings (SSSR count). The summed E-state index contributed by atoms with van der Waals surface area (Å²) in [5.41, 5.74) is 2.25. The molecule has 0 N–H and O–H groups in total. The highest BCUT2D eigenvalue weighted by Gasteiger charge is 2.22. The second-order valence-electron chi connectivity index (χ2n) is 8.01. The van der Waals surface area contributed by atoms with Crippen molar-refractivity contribution in [1.82, 2.24) is 9.88 Å². The lowest BCUT2D eigenvalue weighted by Gasteiger charge is -2.35. The van der Waals surface area contributed by atoms with Crippen LogP contribution in [0, 0.1) is 0 Å². The van der Waals surface area contributed by atoms with Crippen LogP contribution >= 0.6 is 0 Å². The van der Waals surface area contributed by atoms with Gasteiger partial charge in [0.15, 0.2) is 0 Å². The van der Waals surface area contributed by atoms with E-state index < -0.39 is 0 Å². The molecule has 1 aromatic carbocycles. The van der Waals surface area contributed by atoms with Crippen molar-refractivity contribution in [3.63, 3.8) is 0 Å². The molecule has 2 fully saturated rings. The molecule has 172 valence electrons. The van der Waals surface area contributed by atoms with Crippen molar-refractivity contribution in [2.24, 2.45) is 0 Å². The molecule has 0 unspecified atom stereocenters. The summed E-state index contributed by atoms with van der Waals surface area (Å²) in [6, 6.07) is 11.2. The third kappa shape index (κ3) is 5.39. The normalized spacial score (nSPS) is 16.5. The van der Waals surface area contributed by atoms with E-state index in [9.17, 15) is 14.4 Å². The molecular weight excluding hydrogens is 420 g/mol. The van der Waals surface area contributed by atoms with Crippen LogP contribution in [0.15, 0.2) is 48.7 Å². The Hall–Kier alpha value is -3.68. The van der Waals surface area contributed by atoms with Gasteiger partial charge in [0, 0.05) is 57.1 Å².